The highest BCUT2D eigenvalue weighted by atomic mass is 35.5. The third kappa shape index (κ3) is 2.05. The number of hydrogen-bond acceptors (Lipinski definition) is 2. The lowest BCUT2D eigenvalue weighted by molar-refractivity contribution is 1.29. The van der Waals surface area contributed by atoms with Gasteiger partial charge in [-0.3, -0.25) is 0 Å². The minimum Gasteiger partial charge on any atom is -0.216 e. The minimum atomic E-state index is 0.415. The molecule has 0 unspecified atom stereocenters. The summed E-state index contributed by atoms with van der Waals surface area (Å²) >= 11 is 12.0. The SMILES string of the molecule is Clc1ccc2cc(-c3ccccc3)c(Cl)nc2n1. The molecular weight excluding hydrogens is 267 g/mol. The van der Waals surface area contributed by atoms with Gasteiger partial charge < -0.3 is 0 Å². The first kappa shape index (κ1) is 11.5. The molecule has 0 radical (unpaired) electrons. The number of halogens is 2. The van der Waals surface area contributed by atoms with Crippen molar-refractivity contribution >= 4 is 34.2 Å². The number of aromatic nitrogens is 2. The zero-order chi connectivity index (χ0) is 12.5. The lowest BCUT2D eigenvalue weighted by Crippen LogP contribution is -1.88. The average molecular weight is 275 g/mol. The predicted octanol–water partition coefficient (Wildman–Crippen LogP) is 4.60. The Morgan fingerprint density at radius 1 is 0.833 bits per heavy atom. The van der Waals surface area contributed by atoms with Crippen LogP contribution in [-0.4, -0.2) is 9.97 Å². The first-order chi connectivity index (χ1) is 8.74. The second-order valence-corrected chi connectivity index (χ2v) is 4.62. The van der Waals surface area contributed by atoms with Crippen LogP contribution in [0, 0.1) is 0 Å². The van der Waals surface area contributed by atoms with Gasteiger partial charge in [-0.1, -0.05) is 53.5 Å². The summed E-state index contributed by atoms with van der Waals surface area (Å²) in [4.78, 5) is 8.42. The molecule has 0 spiro atoms. The first-order valence-electron chi connectivity index (χ1n) is 5.42. The monoisotopic (exact) mass is 274 g/mol. The van der Waals surface area contributed by atoms with Crippen LogP contribution in [0.25, 0.3) is 22.2 Å². The molecule has 0 atom stereocenters. The molecule has 18 heavy (non-hydrogen) atoms. The summed E-state index contributed by atoms with van der Waals surface area (Å²) in [5.41, 5.74) is 2.49. The van der Waals surface area contributed by atoms with Crippen LogP contribution in [0.3, 0.4) is 0 Å². The van der Waals surface area contributed by atoms with E-state index in [0.717, 1.165) is 16.5 Å². The average Bonchev–Trinajstić information content (AvgIpc) is 2.39. The number of pyridine rings is 2. The van der Waals surface area contributed by atoms with Crippen molar-refractivity contribution in [2.45, 2.75) is 0 Å². The molecule has 88 valence electrons. The zero-order valence-corrected chi connectivity index (χ0v) is 10.8. The van der Waals surface area contributed by atoms with Crippen LogP contribution in [0.2, 0.25) is 10.3 Å². The molecule has 3 aromatic rings. The van der Waals surface area contributed by atoms with E-state index in [1.807, 2.05) is 42.5 Å². The predicted molar refractivity (Wildman–Crippen MR) is 75.0 cm³/mol. The number of rotatable bonds is 1. The van der Waals surface area contributed by atoms with Gasteiger partial charge in [-0.15, -0.1) is 0 Å². The molecule has 0 bridgehead atoms. The molecule has 2 aromatic heterocycles. The van der Waals surface area contributed by atoms with Crippen molar-refractivity contribution in [3.63, 3.8) is 0 Å². The minimum absolute atomic E-state index is 0.415. The maximum absolute atomic E-state index is 6.20. The van der Waals surface area contributed by atoms with Crippen molar-refractivity contribution in [2.75, 3.05) is 0 Å². The van der Waals surface area contributed by atoms with Gasteiger partial charge in [0.05, 0.1) is 0 Å². The molecule has 0 N–H and O–H groups in total. The second kappa shape index (κ2) is 4.56. The van der Waals surface area contributed by atoms with E-state index in [4.69, 9.17) is 23.2 Å². The summed E-state index contributed by atoms with van der Waals surface area (Å²) in [6, 6.07) is 15.5. The Morgan fingerprint density at radius 2 is 1.61 bits per heavy atom. The van der Waals surface area contributed by atoms with Crippen molar-refractivity contribution in [3.05, 3.63) is 58.8 Å². The van der Waals surface area contributed by atoms with Crippen molar-refractivity contribution in [2.24, 2.45) is 0 Å². The van der Waals surface area contributed by atoms with Crippen LogP contribution in [0.5, 0.6) is 0 Å². The van der Waals surface area contributed by atoms with Gasteiger partial charge in [-0.05, 0) is 23.8 Å². The fourth-order valence-electron chi connectivity index (χ4n) is 1.83. The van der Waals surface area contributed by atoms with Crippen LogP contribution >= 0.6 is 23.2 Å². The van der Waals surface area contributed by atoms with Crippen LogP contribution in [-0.2, 0) is 0 Å². The fourth-order valence-corrected chi connectivity index (χ4v) is 2.21. The van der Waals surface area contributed by atoms with Crippen molar-refractivity contribution < 1.29 is 0 Å². The maximum atomic E-state index is 6.20. The van der Waals surface area contributed by atoms with Crippen molar-refractivity contribution in [1.29, 1.82) is 0 Å². The molecule has 4 heteroatoms. The van der Waals surface area contributed by atoms with Gasteiger partial charge >= 0.3 is 0 Å². The van der Waals surface area contributed by atoms with Gasteiger partial charge in [0.2, 0.25) is 0 Å². The summed E-state index contributed by atoms with van der Waals surface area (Å²) in [6.45, 7) is 0. The molecule has 2 nitrogen and oxygen atoms in total. The number of benzene rings is 1. The molecule has 0 saturated carbocycles. The third-order valence-electron chi connectivity index (χ3n) is 2.68. The van der Waals surface area contributed by atoms with Gasteiger partial charge in [0.1, 0.15) is 10.3 Å². The molecule has 1 aromatic carbocycles. The maximum Gasteiger partial charge on any atom is 0.162 e. The Kier molecular flexibility index (Phi) is 2.90. The Morgan fingerprint density at radius 3 is 2.39 bits per heavy atom. The highest BCUT2D eigenvalue weighted by molar-refractivity contribution is 6.32. The standard InChI is InChI=1S/C14H8Cl2N2/c15-12-7-6-10-8-11(9-4-2-1-3-5-9)13(16)18-14(10)17-12/h1-8H. The van der Waals surface area contributed by atoms with Crippen molar-refractivity contribution in [1.82, 2.24) is 9.97 Å². The summed E-state index contributed by atoms with van der Waals surface area (Å²) in [6.07, 6.45) is 0. The second-order valence-electron chi connectivity index (χ2n) is 3.87. The molecule has 0 fully saturated rings. The molecular formula is C14H8Cl2N2. The number of hydrogen-bond donors (Lipinski definition) is 0. The fraction of sp³-hybridized carbons (Fsp3) is 0. The summed E-state index contributed by atoms with van der Waals surface area (Å²) < 4.78 is 0. The van der Waals surface area contributed by atoms with Gasteiger partial charge in [-0.25, -0.2) is 9.97 Å². The molecule has 3 rings (SSSR count). The van der Waals surface area contributed by atoms with E-state index in [2.05, 4.69) is 9.97 Å². The third-order valence-corrected chi connectivity index (χ3v) is 3.18. The van der Waals surface area contributed by atoms with E-state index in [0.29, 0.717) is 16.0 Å². The molecule has 0 aliphatic heterocycles. The van der Waals surface area contributed by atoms with E-state index in [1.54, 1.807) is 6.07 Å². The molecule has 0 aliphatic rings. The largest absolute Gasteiger partial charge is 0.216 e. The lowest BCUT2D eigenvalue weighted by atomic mass is 10.1. The quantitative estimate of drug-likeness (QED) is 0.606. The topological polar surface area (TPSA) is 25.8 Å². The van der Waals surface area contributed by atoms with Crippen molar-refractivity contribution in [3.8, 4) is 11.1 Å². The Bertz CT molecular complexity index is 712. The van der Waals surface area contributed by atoms with Crippen LogP contribution in [0.4, 0.5) is 0 Å². The highest BCUT2D eigenvalue weighted by Gasteiger charge is 2.08. The van der Waals surface area contributed by atoms with Gasteiger partial charge in [0, 0.05) is 10.9 Å². The molecule has 2 heterocycles. The number of fused-ring (bicyclic) bond motifs is 1. The van der Waals surface area contributed by atoms with E-state index in [-0.39, 0.29) is 0 Å². The smallest absolute Gasteiger partial charge is 0.162 e. The summed E-state index contributed by atoms with van der Waals surface area (Å²) in [5.74, 6) is 0. The van der Waals surface area contributed by atoms with Crippen LogP contribution < -0.4 is 0 Å². The Labute approximate surface area is 114 Å². The van der Waals surface area contributed by atoms with E-state index < -0.39 is 0 Å². The van der Waals surface area contributed by atoms with Gasteiger partial charge in [0.25, 0.3) is 0 Å². The van der Waals surface area contributed by atoms with E-state index in [9.17, 15) is 0 Å². The molecule has 0 aliphatic carbocycles. The van der Waals surface area contributed by atoms with Crippen LogP contribution in [0.15, 0.2) is 48.5 Å². The van der Waals surface area contributed by atoms with E-state index >= 15 is 0 Å². The van der Waals surface area contributed by atoms with Crippen LogP contribution in [0.1, 0.15) is 0 Å². The zero-order valence-electron chi connectivity index (χ0n) is 9.27. The van der Waals surface area contributed by atoms with Gasteiger partial charge in [0.15, 0.2) is 5.65 Å². The number of nitrogens with zero attached hydrogens (tertiary/aromatic N) is 2. The summed E-state index contributed by atoms with van der Waals surface area (Å²) in [7, 11) is 0. The Balaban J connectivity index is 2.25. The lowest BCUT2D eigenvalue weighted by Gasteiger charge is -2.05. The van der Waals surface area contributed by atoms with E-state index in [1.165, 1.54) is 0 Å². The first-order valence-corrected chi connectivity index (χ1v) is 6.18. The normalized spacial score (nSPS) is 10.8. The highest BCUT2D eigenvalue weighted by Crippen LogP contribution is 2.29. The van der Waals surface area contributed by atoms with Gasteiger partial charge in [-0.2, -0.15) is 0 Å². The molecule has 0 saturated heterocycles. The molecule has 0 amide bonds. The summed E-state index contributed by atoms with van der Waals surface area (Å²) in [5, 5.41) is 1.77. The Hall–Kier alpha value is -1.64.